The van der Waals surface area contributed by atoms with E-state index in [1.165, 1.54) is 0 Å². The van der Waals surface area contributed by atoms with Gasteiger partial charge >= 0.3 is 6.03 Å². The third-order valence-corrected chi connectivity index (χ3v) is 4.02. The third kappa shape index (κ3) is 3.55. The summed E-state index contributed by atoms with van der Waals surface area (Å²) in [7, 11) is 0. The van der Waals surface area contributed by atoms with Crippen LogP contribution in [-0.2, 0) is 4.79 Å². The Labute approximate surface area is 127 Å². The number of nitrogens with zero attached hydrogens (tertiary/aromatic N) is 1. The summed E-state index contributed by atoms with van der Waals surface area (Å²) in [6, 6.07) is 4.59. The Kier molecular flexibility index (Phi) is 4.73. The molecule has 1 unspecified atom stereocenters. The highest BCUT2D eigenvalue weighted by Gasteiger charge is 2.26. The van der Waals surface area contributed by atoms with E-state index in [1.54, 1.807) is 23.1 Å². The van der Waals surface area contributed by atoms with Gasteiger partial charge in [0.25, 0.3) is 0 Å². The van der Waals surface area contributed by atoms with Crippen molar-refractivity contribution >= 4 is 40.8 Å². The lowest BCUT2D eigenvalue weighted by atomic mass is 9.98. The molecule has 0 radical (unpaired) electrons. The van der Waals surface area contributed by atoms with Gasteiger partial charge in [-0.1, -0.05) is 23.2 Å². The molecule has 5 nitrogen and oxygen atoms in total. The molecule has 3 amide bonds. The van der Waals surface area contributed by atoms with Gasteiger partial charge in [-0.15, -0.1) is 0 Å². The number of carbonyl (C=O) groups is 2. The van der Waals surface area contributed by atoms with E-state index < -0.39 is 0 Å². The van der Waals surface area contributed by atoms with E-state index in [1.807, 2.05) is 0 Å². The second-order valence-electron chi connectivity index (χ2n) is 4.75. The number of likely N-dealkylation sites (tertiary alicyclic amines) is 1. The summed E-state index contributed by atoms with van der Waals surface area (Å²) in [5, 5.41) is 3.53. The Balaban J connectivity index is 2.00. The first kappa shape index (κ1) is 14.9. The van der Waals surface area contributed by atoms with Gasteiger partial charge in [-0.2, -0.15) is 0 Å². The molecule has 1 fully saturated rings. The molecule has 0 bridgehead atoms. The molecule has 7 heteroatoms. The van der Waals surface area contributed by atoms with Crippen molar-refractivity contribution in [3.63, 3.8) is 0 Å². The Bertz CT molecular complexity index is 536. The molecule has 0 saturated carbocycles. The number of benzene rings is 1. The van der Waals surface area contributed by atoms with Crippen molar-refractivity contribution in [1.29, 1.82) is 0 Å². The van der Waals surface area contributed by atoms with Crippen molar-refractivity contribution in [1.82, 2.24) is 4.90 Å². The summed E-state index contributed by atoms with van der Waals surface area (Å²) in [5.41, 5.74) is 5.85. The van der Waals surface area contributed by atoms with Gasteiger partial charge in [0.1, 0.15) is 0 Å². The quantitative estimate of drug-likeness (QED) is 0.880. The van der Waals surface area contributed by atoms with Crippen LogP contribution in [0.25, 0.3) is 0 Å². The smallest absolute Gasteiger partial charge is 0.321 e. The van der Waals surface area contributed by atoms with Crippen LogP contribution in [0, 0.1) is 5.92 Å². The lowest BCUT2D eigenvalue weighted by Gasteiger charge is -2.31. The van der Waals surface area contributed by atoms with Crippen LogP contribution in [0.15, 0.2) is 18.2 Å². The van der Waals surface area contributed by atoms with E-state index in [0.717, 1.165) is 12.8 Å². The predicted octanol–water partition coefficient (Wildman–Crippen LogP) is 2.72. The highest BCUT2D eigenvalue weighted by molar-refractivity contribution is 6.42. The van der Waals surface area contributed by atoms with Crippen LogP contribution in [0.5, 0.6) is 0 Å². The topological polar surface area (TPSA) is 75.4 Å². The lowest BCUT2D eigenvalue weighted by molar-refractivity contribution is -0.123. The molecule has 108 valence electrons. The Morgan fingerprint density at radius 2 is 2.05 bits per heavy atom. The third-order valence-electron chi connectivity index (χ3n) is 3.28. The highest BCUT2D eigenvalue weighted by atomic mass is 35.5. The van der Waals surface area contributed by atoms with Crippen LogP contribution in [0.4, 0.5) is 10.5 Å². The molecular weight excluding hydrogens is 301 g/mol. The van der Waals surface area contributed by atoms with E-state index in [2.05, 4.69) is 5.32 Å². The van der Waals surface area contributed by atoms with Crippen molar-refractivity contribution < 1.29 is 9.59 Å². The monoisotopic (exact) mass is 315 g/mol. The number of hydrogen-bond acceptors (Lipinski definition) is 2. The second-order valence-corrected chi connectivity index (χ2v) is 5.56. The molecule has 1 heterocycles. The summed E-state index contributed by atoms with van der Waals surface area (Å²) < 4.78 is 0. The minimum absolute atomic E-state index is 0.269. The SMILES string of the molecule is NC(=O)C1CCCN(C(=O)Nc2ccc(Cl)c(Cl)c2)C1. The van der Waals surface area contributed by atoms with Crippen LogP contribution in [-0.4, -0.2) is 29.9 Å². The van der Waals surface area contributed by atoms with E-state index in [4.69, 9.17) is 28.9 Å². The second kappa shape index (κ2) is 6.33. The number of primary amides is 1. The molecule has 3 N–H and O–H groups in total. The zero-order chi connectivity index (χ0) is 14.7. The fourth-order valence-electron chi connectivity index (χ4n) is 2.17. The Hall–Kier alpha value is -1.46. The van der Waals surface area contributed by atoms with Crippen LogP contribution in [0.3, 0.4) is 0 Å². The van der Waals surface area contributed by atoms with Crippen molar-refractivity contribution in [3.05, 3.63) is 28.2 Å². The molecular formula is C13H15Cl2N3O2. The summed E-state index contributed by atoms with van der Waals surface area (Å²) in [6.45, 7) is 0.958. The molecule has 2 rings (SSSR count). The van der Waals surface area contributed by atoms with Crippen molar-refractivity contribution in [2.75, 3.05) is 18.4 Å². The number of anilines is 1. The van der Waals surface area contributed by atoms with Gasteiger partial charge in [0.05, 0.1) is 16.0 Å². The largest absolute Gasteiger partial charge is 0.369 e. The minimum atomic E-state index is -0.364. The molecule has 1 aromatic rings. The van der Waals surface area contributed by atoms with Gasteiger partial charge in [-0.05, 0) is 31.0 Å². The summed E-state index contributed by atoms with van der Waals surface area (Å²) >= 11 is 11.7. The molecule has 0 spiro atoms. The van der Waals surface area contributed by atoms with Gasteiger partial charge < -0.3 is 16.0 Å². The molecule has 1 aliphatic heterocycles. The van der Waals surface area contributed by atoms with E-state index in [9.17, 15) is 9.59 Å². The van der Waals surface area contributed by atoms with E-state index >= 15 is 0 Å². The molecule has 1 aliphatic rings. The molecule has 0 aromatic heterocycles. The minimum Gasteiger partial charge on any atom is -0.369 e. The van der Waals surface area contributed by atoms with Crippen molar-refractivity contribution in [2.24, 2.45) is 11.7 Å². The first-order valence-electron chi connectivity index (χ1n) is 6.27. The van der Waals surface area contributed by atoms with Gasteiger partial charge in [0.2, 0.25) is 5.91 Å². The van der Waals surface area contributed by atoms with Crippen molar-refractivity contribution in [2.45, 2.75) is 12.8 Å². The summed E-state index contributed by atoms with van der Waals surface area (Å²) in [4.78, 5) is 24.9. The molecule has 1 saturated heterocycles. The average Bonchev–Trinajstić information content (AvgIpc) is 2.43. The van der Waals surface area contributed by atoms with E-state index in [-0.39, 0.29) is 17.9 Å². The maximum Gasteiger partial charge on any atom is 0.321 e. The number of rotatable bonds is 2. The molecule has 0 aliphatic carbocycles. The van der Waals surface area contributed by atoms with Crippen LogP contribution in [0.1, 0.15) is 12.8 Å². The summed E-state index contributed by atoms with van der Waals surface area (Å²) in [6.07, 6.45) is 1.49. The number of carbonyl (C=O) groups excluding carboxylic acids is 2. The predicted molar refractivity (Wildman–Crippen MR) is 79.0 cm³/mol. The van der Waals surface area contributed by atoms with Gasteiger partial charge in [-0.3, -0.25) is 4.79 Å². The summed E-state index contributed by atoms with van der Waals surface area (Å²) in [5.74, 6) is -0.639. The number of nitrogens with one attached hydrogen (secondary N) is 1. The molecule has 20 heavy (non-hydrogen) atoms. The number of hydrogen-bond donors (Lipinski definition) is 2. The van der Waals surface area contributed by atoms with Crippen LogP contribution >= 0.6 is 23.2 Å². The normalized spacial score (nSPS) is 18.7. The zero-order valence-corrected chi connectivity index (χ0v) is 12.2. The first-order chi connectivity index (χ1) is 9.47. The van der Waals surface area contributed by atoms with Crippen LogP contribution < -0.4 is 11.1 Å². The number of halogens is 2. The molecule has 1 aromatic carbocycles. The Morgan fingerprint density at radius 1 is 1.30 bits per heavy atom. The molecule has 1 atom stereocenters. The Morgan fingerprint density at radius 3 is 2.70 bits per heavy atom. The lowest BCUT2D eigenvalue weighted by Crippen LogP contribution is -2.45. The number of piperidine rings is 1. The maximum atomic E-state index is 12.1. The van der Waals surface area contributed by atoms with E-state index in [0.29, 0.717) is 28.8 Å². The number of amides is 3. The number of nitrogens with two attached hydrogens (primary N) is 1. The van der Waals surface area contributed by atoms with Gasteiger partial charge in [0.15, 0.2) is 0 Å². The maximum absolute atomic E-state index is 12.1. The van der Waals surface area contributed by atoms with Gasteiger partial charge in [-0.25, -0.2) is 4.79 Å². The highest BCUT2D eigenvalue weighted by Crippen LogP contribution is 2.25. The van der Waals surface area contributed by atoms with Gasteiger partial charge in [0, 0.05) is 18.8 Å². The average molecular weight is 316 g/mol. The van der Waals surface area contributed by atoms with Crippen molar-refractivity contribution in [3.8, 4) is 0 Å². The zero-order valence-electron chi connectivity index (χ0n) is 10.7. The fourth-order valence-corrected chi connectivity index (χ4v) is 2.47. The fraction of sp³-hybridized carbons (Fsp3) is 0.385. The first-order valence-corrected chi connectivity index (χ1v) is 7.03. The standard InChI is InChI=1S/C13H15Cl2N3O2/c14-10-4-3-9(6-11(10)15)17-13(20)18-5-1-2-8(7-18)12(16)19/h3-4,6,8H,1-2,5,7H2,(H2,16,19)(H,17,20). The number of urea groups is 1. The van der Waals surface area contributed by atoms with Crippen LogP contribution in [0.2, 0.25) is 10.0 Å².